The standard InChI is InChI=1S/C14H14BrN5/c1-3-17-13-12(15)14(19-8-18-13)20-11-6-10(7-16)5-4-9(11)2/h4-6,8H,3H2,1-2H3,(H2,17,18,19,20). The molecule has 2 N–H and O–H groups in total. The summed E-state index contributed by atoms with van der Waals surface area (Å²) in [4.78, 5) is 8.39. The molecule has 20 heavy (non-hydrogen) atoms. The fraction of sp³-hybridized carbons (Fsp3) is 0.214. The Labute approximate surface area is 126 Å². The van der Waals surface area contributed by atoms with Gasteiger partial charge in [0.05, 0.1) is 11.6 Å². The molecule has 0 spiro atoms. The second-order valence-electron chi connectivity index (χ2n) is 4.18. The maximum atomic E-state index is 8.97. The molecule has 0 radical (unpaired) electrons. The van der Waals surface area contributed by atoms with E-state index in [0.717, 1.165) is 28.1 Å². The van der Waals surface area contributed by atoms with E-state index in [4.69, 9.17) is 5.26 Å². The van der Waals surface area contributed by atoms with Gasteiger partial charge in [-0.15, -0.1) is 0 Å². The summed E-state index contributed by atoms with van der Waals surface area (Å²) in [6.07, 6.45) is 1.49. The number of aryl methyl sites for hydroxylation is 1. The number of hydrogen-bond donors (Lipinski definition) is 2. The SMILES string of the molecule is CCNc1ncnc(Nc2cc(C#N)ccc2C)c1Br. The van der Waals surface area contributed by atoms with Crippen molar-refractivity contribution in [3.8, 4) is 6.07 Å². The van der Waals surface area contributed by atoms with E-state index in [1.165, 1.54) is 6.33 Å². The Morgan fingerprint density at radius 1 is 1.30 bits per heavy atom. The summed E-state index contributed by atoms with van der Waals surface area (Å²) in [7, 11) is 0. The lowest BCUT2D eigenvalue weighted by Crippen LogP contribution is -2.04. The lowest BCUT2D eigenvalue weighted by atomic mass is 10.1. The molecule has 0 aliphatic rings. The van der Waals surface area contributed by atoms with Gasteiger partial charge in [0.2, 0.25) is 0 Å². The number of nitriles is 1. The minimum atomic E-state index is 0.607. The third-order valence-electron chi connectivity index (χ3n) is 2.75. The summed E-state index contributed by atoms with van der Waals surface area (Å²) in [5.74, 6) is 1.40. The molecular weight excluding hydrogens is 318 g/mol. The van der Waals surface area contributed by atoms with E-state index < -0.39 is 0 Å². The molecule has 0 saturated carbocycles. The highest BCUT2D eigenvalue weighted by molar-refractivity contribution is 9.10. The van der Waals surface area contributed by atoms with Crippen LogP contribution in [0.2, 0.25) is 0 Å². The molecule has 2 rings (SSSR count). The normalized spacial score (nSPS) is 9.90. The van der Waals surface area contributed by atoms with Crippen molar-refractivity contribution in [3.05, 3.63) is 40.1 Å². The Bertz CT molecular complexity index is 663. The first kappa shape index (κ1) is 14.3. The van der Waals surface area contributed by atoms with E-state index >= 15 is 0 Å². The van der Waals surface area contributed by atoms with E-state index in [1.54, 1.807) is 12.1 Å². The highest BCUT2D eigenvalue weighted by Gasteiger charge is 2.09. The van der Waals surface area contributed by atoms with Crippen LogP contribution in [0.25, 0.3) is 0 Å². The van der Waals surface area contributed by atoms with Crippen LogP contribution in [0.3, 0.4) is 0 Å². The molecule has 1 aromatic heterocycles. The molecule has 0 amide bonds. The third kappa shape index (κ3) is 3.06. The summed E-state index contributed by atoms with van der Waals surface area (Å²) in [5.41, 5.74) is 2.50. The van der Waals surface area contributed by atoms with Crippen molar-refractivity contribution in [1.82, 2.24) is 9.97 Å². The number of rotatable bonds is 4. The molecule has 102 valence electrons. The van der Waals surface area contributed by atoms with Gasteiger partial charge in [0.25, 0.3) is 0 Å². The van der Waals surface area contributed by atoms with Crippen molar-refractivity contribution in [2.24, 2.45) is 0 Å². The molecule has 0 bridgehead atoms. The fourth-order valence-corrected chi connectivity index (χ4v) is 2.15. The average Bonchev–Trinajstić information content (AvgIpc) is 2.45. The number of benzene rings is 1. The Kier molecular flexibility index (Phi) is 4.53. The molecule has 0 fully saturated rings. The molecule has 6 heteroatoms. The van der Waals surface area contributed by atoms with Crippen molar-refractivity contribution in [2.45, 2.75) is 13.8 Å². The van der Waals surface area contributed by atoms with Crippen LogP contribution in [-0.4, -0.2) is 16.5 Å². The second kappa shape index (κ2) is 6.35. The number of nitrogens with one attached hydrogen (secondary N) is 2. The Balaban J connectivity index is 2.35. The van der Waals surface area contributed by atoms with Crippen LogP contribution in [0.5, 0.6) is 0 Å². The van der Waals surface area contributed by atoms with E-state index in [-0.39, 0.29) is 0 Å². The third-order valence-corrected chi connectivity index (χ3v) is 3.50. The van der Waals surface area contributed by atoms with Gasteiger partial charge in [0.1, 0.15) is 22.4 Å². The lowest BCUT2D eigenvalue weighted by molar-refractivity contribution is 1.10. The van der Waals surface area contributed by atoms with Gasteiger partial charge in [-0.3, -0.25) is 0 Å². The van der Waals surface area contributed by atoms with Crippen LogP contribution in [0.4, 0.5) is 17.3 Å². The molecular formula is C14H14BrN5. The topological polar surface area (TPSA) is 73.6 Å². The zero-order valence-corrected chi connectivity index (χ0v) is 12.8. The van der Waals surface area contributed by atoms with Gasteiger partial charge in [-0.25, -0.2) is 9.97 Å². The maximum Gasteiger partial charge on any atom is 0.150 e. The second-order valence-corrected chi connectivity index (χ2v) is 4.97. The van der Waals surface area contributed by atoms with Gasteiger partial charge >= 0.3 is 0 Å². The number of nitrogens with zero attached hydrogens (tertiary/aromatic N) is 3. The first-order valence-corrected chi connectivity index (χ1v) is 6.97. The number of anilines is 3. The zero-order chi connectivity index (χ0) is 14.5. The van der Waals surface area contributed by atoms with Crippen LogP contribution in [0, 0.1) is 18.3 Å². The summed E-state index contributed by atoms with van der Waals surface area (Å²) in [5, 5.41) is 15.3. The van der Waals surface area contributed by atoms with Crippen LogP contribution in [0.1, 0.15) is 18.1 Å². The van der Waals surface area contributed by atoms with Gasteiger partial charge < -0.3 is 10.6 Å². The Morgan fingerprint density at radius 3 is 2.75 bits per heavy atom. The maximum absolute atomic E-state index is 8.97. The number of aromatic nitrogens is 2. The van der Waals surface area contributed by atoms with Crippen LogP contribution < -0.4 is 10.6 Å². The Morgan fingerprint density at radius 2 is 2.05 bits per heavy atom. The summed E-state index contributed by atoms with van der Waals surface area (Å²) < 4.78 is 0.767. The molecule has 0 aliphatic heterocycles. The van der Waals surface area contributed by atoms with Crippen LogP contribution >= 0.6 is 15.9 Å². The van der Waals surface area contributed by atoms with E-state index in [1.807, 2.05) is 19.9 Å². The van der Waals surface area contributed by atoms with Gasteiger partial charge in [0.15, 0.2) is 0 Å². The summed E-state index contributed by atoms with van der Waals surface area (Å²) >= 11 is 3.48. The lowest BCUT2D eigenvalue weighted by Gasteiger charge is -2.12. The minimum absolute atomic E-state index is 0.607. The molecule has 1 aromatic carbocycles. The van der Waals surface area contributed by atoms with Gasteiger partial charge in [-0.1, -0.05) is 6.07 Å². The molecule has 0 atom stereocenters. The van der Waals surface area contributed by atoms with Crippen molar-refractivity contribution in [1.29, 1.82) is 5.26 Å². The molecule has 0 aliphatic carbocycles. The minimum Gasteiger partial charge on any atom is -0.369 e. The van der Waals surface area contributed by atoms with Gasteiger partial charge in [0, 0.05) is 12.2 Å². The highest BCUT2D eigenvalue weighted by Crippen LogP contribution is 2.30. The number of hydrogen-bond acceptors (Lipinski definition) is 5. The predicted molar refractivity (Wildman–Crippen MR) is 83.1 cm³/mol. The first-order valence-electron chi connectivity index (χ1n) is 6.17. The van der Waals surface area contributed by atoms with E-state index in [0.29, 0.717) is 11.4 Å². The van der Waals surface area contributed by atoms with Crippen molar-refractivity contribution < 1.29 is 0 Å². The largest absolute Gasteiger partial charge is 0.369 e. The summed E-state index contributed by atoms with van der Waals surface area (Å²) in [6.45, 7) is 4.75. The monoisotopic (exact) mass is 331 g/mol. The highest BCUT2D eigenvalue weighted by atomic mass is 79.9. The average molecular weight is 332 g/mol. The van der Waals surface area contributed by atoms with E-state index in [2.05, 4.69) is 42.6 Å². The van der Waals surface area contributed by atoms with Crippen LogP contribution in [-0.2, 0) is 0 Å². The smallest absolute Gasteiger partial charge is 0.150 e. The molecule has 0 saturated heterocycles. The first-order chi connectivity index (χ1) is 9.65. The predicted octanol–water partition coefficient (Wildman–Crippen LogP) is 3.59. The molecule has 0 unspecified atom stereocenters. The number of halogens is 1. The molecule has 5 nitrogen and oxygen atoms in total. The fourth-order valence-electron chi connectivity index (χ4n) is 1.70. The van der Waals surface area contributed by atoms with Crippen molar-refractivity contribution >= 4 is 33.3 Å². The quantitative estimate of drug-likeness (QED) is 0.895. The van der Waals surface area contributed by atoms with Crippen molar-refractivity contribution in [3.63, 3.8) is 0 Å². The molecule has 1 heterocycles. The van der Waals surface area contributed by atoms with Gasteiger partial charge in [-0.05, 0) is 47.5 Å². The van der Waals surface area contributed by atoms with Crippen LogP contribution in [0.15, 0.2) is 29.0 Å². The molecule has 2 aromatic rings. The zero-order valence-electron chi connectivity index (χ0n) is 11.2. The Hall–Kier alpha value is -2.13. The summed E-state index contributed by atoms with van der Waals surface area (Å²) in [6, 6.07) is 7.63. The van der Waals surface area contributed by atoms with E-state index in [9.17, 15) is 0 Å². The van der Waals surface area contributed by atoms with Crippen molar-refractivity contribution in [2.75, 3.05) is 17.2 Å². The van der Waals surface area contributed by atoms with Gasteiger partial charge in [-0.2, -0.15) is 5.26 Å².